The maximum Gasteiger partial charge on any atom is 0.191 e. The van der Waals surface area contributed by atoms with Gasteiger partial charge >= 0.3 is 0 Å². The van der Waals surface area contributed by atoms with E-state index in [1.807, 2.05) is 11.7 Å². The molecule has 1 fully saturated rings. The first-order valence-electron chi connectivity index (χ1n) is 9.05. The van der Waals surface area contributed by atoms with Gasteiger partial charge in [-0.3, -0.25) is 9.67 Å². The molecule has 1 aromatic heterocycles. The van der Waals surface area contributed by atoms with Crippen LogP contribution in [0, 0.1) is 19.8 Å². The predicted octanol–water partition coefficient (Wildman–Crippen LogP) is 3.33. The zero-order chi connectivity index (χ0) is 16.8. The molecule has 1 saturated carbocycles. The first-order valence-corrected chi connectivity index (χ1v) is 9.05. The normalized spacial score (nSPS) is 21.3. The predicted molar refractivity (Wildman–Crippen MR) is 112 cm³/mol. The van der Waals surface area contributed by atoms with Crippen molar-refractivity contribution in [2.45, 2.75) is 65.8 Å². The van der Waals surface area contributed by atoms with Crippen molar-refractivity contribution < 1.29 is 0 Å². The lowest BCUT2D eigenvalue weighted by atomic mass is 9.87. The van der Waals surface area contributed by atoms with Crippen LogP contribution < -0.4 is 10.6 Å². The molecule has 1 aromatic rings. The Balaban J connectivity index is 0.00000288. The number of hydrogen-bond acceptors (Lipinski definition) is 2. The second-order valence-electron chi connectivity index (χ2n) is 6.88. The van der Waals surface area contributed by atoms with Crippen LogP contribution in [0.3, 0.4) is 0 Å². The molecule has 0 atom stereocenters. The van der Waals surface area contributed by atoms with Crippen LogP contribution in [0.4, 0.5) is 0 Å². The van der Waals surface area contributed by atoms with E-state index in [1.54, 1.807) is 0 Å². The Hall–Kier alpha value is -0.790. The summed E-state index contributed by atoms with van der Waals surface area (Å²) in [5, 5.41) is 11.5. The van der Waals surface area contributed by atoms with Crippen molar-refractivity contribution in [3.63, 3.8) is 0 Å². The topological polar surface area (TPSA) is 54.2 Å². The molecule has 138 valence electrons. The van der Waals surface area contributed by atoms with Gasteiger partial charge in [0.25, 0.3) is 0 Å². The summed E-state index contributed by atoms with van der Waals surface area (Å²) in [4.78, 5) is 4.77. The van der Waals surface area contributed by atoms with Crippen molar-refractivity contribution >= 4 is 29.9 Å². The van der Waals surface area contributed by atoms with Gasteiger partial charge in [0.2, 0.25) is 0 Å². The molecule has 0 saturated heterocycles. The summed E-state index contributed by atoms with van der Waals surface area (Å²) in [6.07, 6.45) is 6.11. The summed E-state index contributed by atoms with van der Waals surface area (Å²) in [5.41, 5.74) is 3.70. The average molecular weight is 447 g/mol. The van der Waals surface area contributed by atoms with E-state index in [0.717, 1.165) is 37.1 Å². The third-order valence-corrected chi connectivity index (χ3v) is 4.99. The van der Waals surface area contributed by atoms with Gasteiger partial charge in [-0.15, -0.1) is 24.0 Å². The lowest BCUT2D eigenvalue weighted by molar-refractivity contribution is 0.329. The Kier molecular flexibility index (Phi) is 9.08. The third-order valence-electron chi connectivity index (χ3n) is 4.99. The molecule has 0 unspecified atom stereocenters. The lowest BCUT2D eigenvalue weighted by Crippen LogP contribution is -2.44. The van der Waals surface area contributed by atoms with E-state index >= 15 is 0 Å². The highest BCUT2D eigenvalue weighted by Gasteiger charge is 2.18. The maximum atomic E-state index is 4.77. The molecular weight excluding hydrogens is 413 g/mol. The van der Waals surface area contributed by atoms with E-state index in [9.17, 15) is 0 Å². The van der Waals surface area contributed by atoms with Gasteiger partial charge in [0.1, 0.15) is 0 Å². The summed E-state index contributed by atoms with van der Waals surface area (Å²) in [5.74, 6) is 1.84. The largest absolute Gasteiger partial charge is 0.357 e. The van der Waals surface area contributed by atoms with Gasteiger partial charge in [-0.05, 0) is 64.4 Å². The van der Waals surface area contributed by atoms with Crippen LogP contribution in [0.25, 0.3) is 0 Å². The standard InChI is InChI=1S/C18H33N5.HI/c1-6-19-18(21-16-9-7-13(2)8-10-16)20-12-11-17-14(3)22-23(5)15(17)4;/h13,16H,6-12H2,1-5H3,(H2,19,20,21);1H. The van der Waals surface area contributed by atoms with Gasteiger partial charge in [0.15, 0.2) is 5.96 Å². The number of aromatic nitrogens is 2. The molecule has 0 aromatic carbocycles. The van der Waals surface area contributed by atoms with Crippen LogP contribution in [0.1, 0.15) is 56.5 Å². The molecular formula is C18H34IN5. The van der Waals surface area contributed by atoms with Gasteiger partial charge in [0, 0.05) is 31.9 Å². The first-order chi connectivity index (χ1) is 11.0. The maximum absolute atomic E-state index is 4.77. The average Bonchev–Trinajstić information content (AvgIpc) is 2.76. The summed E-state index contributed by atoms with van der Waals surface area (Å²) in [6, 6.07) is 0.575. The minimum absolute atomic E-state index is 0. The molecule has 0 aliphatic heterocycles. The first kappa shape index (κ1) is 21.3. The molecule has 0 amide bonds. The minimum Gasteiger partial charge on any atom is -0.357 e. The highest BCUT2D eigenvalue weighted by atomic mass is 127. The Bertz CT molecular complexity index is 530. The SMILES string of the molecule is CCNC(=NCCc1c(C)nn(C)c1C)NC1CCC(C)CC1.I. The van der Waals surface area contributed by atoms with Gasteiger partial charge < -0.3 is 10.6 Å². The zero-order valence-corrected chi connectivity index (χ0v) is 18.2. The van der Waals surface area contributed by atoms with Crippen LogP contribution in [-0.2, 0) is 13.5 Å². The molecule has 1 heterocycles. The van der Waals surface area contributed by atoms with Gasteiger partial charge in [-0.25, -0.2) is 0 Å². The molecule has 6 heteroatoms. The Morgan fingerprint density at radius 1 is 1.25 bits per heavy atom. The number of nitrogens with zero attached hydrogens (tertiary/aromatic N) is 3. The van der Waals surface area contributed by atoms with Crippen molar-refractivity contribution in [1.29, 1.82) is 0 Å². The van der Waals surface area contributed by atoms with E-state index in [-0.39, 0.29) is 24.0 Å². The molecule has 1 aliphatic rings. The summed E-state index contributed by atoms with van der Waals surface area (Å²) >= 11 is 0. The Morgan fingerprint density at radius 3 is 2.46 bits per heavy atom. The van der Waals surface area contributed by atoms with Crippen LogP contribution in [0.5, 0.6) is 0 Å². The molecule has 0 radical (unpaired) electrons. The molecule has 0 bridgehead atoms. The Morgan fingerprint density at radius 2 is 1.92 bits per heavy atom. The van der Waals surface area contributed by atoms with Gasteiger partial charge in [0.05, 0.1) is 5.69 Å². The van der Waals surface area contributed by atoms with Crippen LogP contribution in [0.15, 0.2) is 4.99 Å². The second-order valence-corrected chi connectivity index (χ2v) is 6.88. The van der Waals surface area contributed by atoms with Crippen LogP contribution in [0.2, 0.25) is 0 Å². The number of hydrogen-bond donors (Lipinski definition) is 2. The molecule has 24 heavy (non-hydrogen) atoms. The van der Waals surface area contributed by atoms with Gasteiger partial charge in [-0.2, -0.15) is 5.10 Å². The molecule has 5 nitrogen and oxygen atoms in total. The Labute approximate surface area is 164 Å². The van der Waals surface area contributed by atoms with Crippen molar-refractivity contribution in [3.8, 4) is 0 Å². The minimum atomic E-state index is 0. The van der Waals surface area contributed by atoms with E-state index in [4.69, 9.17) is 4.99 Å². The van der Waals surface area contributed by atoms with Crippen LogP contribution in [-0.4, -0.2) is 34.9 Å². The van der Waals surface area contributed by atoms with Gasteiger partial charge in [-0.1, -0.05) is 6.92 Å². The van der Waals surface area contributed by atoms with E-state index < -0.39 is 0 Å². The number of aliphatic imine (C=N–C) groups is 1. The highest BCUT2D eigenvalue weighted by Crippen LogP contribution is 2.23. The van der Waals surface area contributed by atoms with Crippen molar-refractivity contribution in [2.24, 2.45) is 18.0 Å². The number of rotatable bonds is 5. The van der Waals surface area contributed by atoms with Crippen molar-refractivity contribution in [2.75, 3.05) is 13.1 Å². The molecule has 2 rings (SSSR count). The second kappa shape index (κ2) is 10.3. The fourth-order valence-corrected chi connectivity index (χ4v) is 3.38. The van der Waals surface area contributed by atoms with E-state index in [0.29, 0.717) is 6.04 Å². The van der Waals surface area contributed by atoms with Crippen LogP contribution >= 0.6 is 24.0 Å². The van der Waals surface area contributed by atoms with Crippen molar-refractivity contribution in [3.05, 3.63) is 17.0 Å². The number of guanidine groups is 1. The summed E-state index contributed by atoms with van der Waals surface area (Å²) < 4.78 is 1.96. The molecule has 2 N–H and O–H groups in total. The number of aryl methyl sites for hydroxylation is 2. The monoisotopic (exact) mass is 447 g/mol. The number of halogens is 1. The number of nitrogens with one attached hydrogen (secondary N) is 2. The third kappa shape index (κ3) is 5.93. The smallest absolute Gasteiger partial charge is 0.191 e. The quantitative estimate of drug-likeness (QED) is 0.414. The van der Waals surface area contributed by atoms with Crippen molar-refractivity contribution in [1.82, 2.24) is 20.4 Å². The summed E-state index contributed by atoms with van der Waals surface area (Å²) in [6.45, 7) is 10.4. The fraction of sp³-hybridized carbons (Fsp3) is 0.778. The molecule has 1 aliphatic carbocycles. The lowest BCUT2D eigenvalue weighted by Gasteiger charge is -2.28. The summed E-state index contributed by atoms with van der Waals surface area (Å²) in [7, 11) is 2.00. The van der Waals surface area contributed by atoms with E-state index in [1.165, 1.54) is 36.9 Å². The zero-order valence-electron chi connectivity index (χ0n) is 15.9. The molecule has 0 spiro atoms. The van der Waals surface area contributed by atoms with E-state index in [2.05, 4.69) is 43.4 Å². The highest BCUT2D eigenvalue weighted by molar-refractivity contribution is 14.0. The fourth-order valence-electron chi connectivity index (χ4n) is 3.38.